The number of ether oxygens (including phenoxy) is 2. The van der Waals surface area contributed by atoms with Gasteiger partial charge in [0, 0.05) is 19.1 Å². The van der Waals surface area contributed by atoms with E-state index in [1.165, 1.54) is 0 Å². The Bertz CT molecular complexity index is 255. The van der Waals surface area contributed by atoms with Gasteiger partial charge >= 0.3 is 0 Å². The lowest BCUT2D eigenvalue weighted by Gasteiger charge is -2.33. The molecule has 0 saturated carbocycles. The first-order chi connectivity index (χ1) is 8.56. The third-order valence-electron chi connectivity index (χ3n) is 3.85. The quantitative estimate of drug-likeness (QED) is 0.675. The summed E-state index contributed by atoms with van der Waals surface area (Å²) in [5.74, 6) is 0.657. The minimum Gasteiger partial charge on any atom is -0.360 e. The maximum atomic E-state index is 5.90. The molecule has 0 bridgehead atoms. The van der Waals surface area contributed by atoms with Gasteiger partial charge in [0.2, 0.25) is 0 Å². The zero-order valence-electron chi connectivity index (χ0n) is 11.9. The van der Waals surface area contributed by atoms with Crippen LogP contribution in [0.5, 0.6) is 0 Å². The Balaban J connectivity index is 1.66. The van der Waals surface area contributed by atoms with Crippen molar-refractivity contribution in [3.05, 3.63) is 0 Å². The van der Waals surface area contributed by atoms with Gasteiger partial charge in [-0.3, -0.25) is 10.6 Å². The highest BCUT2D eigenvalue weighted by molar-refractivity contribution is 4.83. The van der Waals surface area contributed by atoms with Crippen molar-refractivity contribution in [2.75, 3.05) is 19.7 Å². The van der Waals surface area contributed by atoms with Crippen LogP contribution in [0.3, 0.4) is 0 Å². The number of rotatable bonds is 4. The molecule has 2 aliphatic rings. The zero-order chi connectivity index (χ0) is 13.1. The molecule has 5 heteroatoms. The third kappa shape index (κ3) is 3.65. The SMILES string of the molecule is CC1NC(COC2CNC(C(C)C)CN2)C(C)O1. The van der Waals surface area contributed by atoms with Crippen LogP contribution < -0.4 is 16.0 Å². The summed E-state index contributed by atoms with van der Waals surface area (Å²) >= 11 is 0. The van der Waals surface area contributed by atoms with Crippen molar-refractivity contribution in [3.63, 3.8) is 0 Å². The second kappa shape index (κ2) is 6.30. The van der Waals surface area contributed by atoms with Gasteiger partial charge < -0.3 is 14.8 Å². The number of piperazine rings is 1. The van der Waals surface area contributed by atoms with Gasteiger partial charge in [-0.15, -0.1) is 0 Å². The van der Waals surface area contributed by atoms with E-state index in [2.05, 4.69) is 36.7 Å². The average molecular weight is 257 g/mol. The van der Waals surface area contributed by atoms with Crippen LogP contribution in [0.1, 0.15) is 27.7 Å². The van der Waals surface area contributed by atoms with Crippen molar-refractivity contribution in [1.82, 2.24) is 16.0 Å². The first-order valence-electron chi connectivity index (χ1n) is 7.06. The molecule has 0 radical (unpaired) electrons. The molecule has 5 unspecified atom stereocenters. The molecule has 18 heavy (non-hydrogen) atoms. The Morgan fingerprint density at radius 1 is 1.22 bits per heavy atom. The van der Waals surface area contributed by atoms with Gasteiger partial charge in [-0.25, -0.2) is 0 Å². The summed E-state index contributed by atoms with van der Waals surface area (Å²) in [6.45, 7) is 11.1. The van der Waals surface area contributed by atoms with Crippen LogP contribution >= 0.6 is 0 Å². The van der Waals surface area contributed by atoms with Gasteiger partial charge in [0.25, 0.3) is 0 Å². The van der Waals surface area contributed by atoms with Crippen LogP contribution in [-0.4, -0.2) is 50.3 Å². The van der Waals surface area contributed by atoms with E-state index in [1.807, 2.05) is 6.92 Å². The van der Waals surface area contributed by atoms with Gasteiger partial charge in [-0.05, 0) is 19.8 Å². The Hall–Kier alpha value is -0.200. The van der Waals surface area contributed by atoms with Crippen molar-refractivity contribution in [2.24, 2.45) is 5.92 Å². The van der Waals surface area contributed by atoms with Crippen molar-refractivity contribution in [3.8, 4) is 0 Å². The predicted octanol–water partition coefficient (Wildman–Crippen LogP) is 0.269. The van der Waals surface area contributed by atoms with E-state index < -0.39 is 0 Å². The lowest BCUT2D eigenvalue weighted by Crippen LogP contribution is -2.57. The van der Waals surface area contributed by atoms with Gasteiger partial charge in [-0.1, -0.05) is 13.8 Å². The predicted molar refractivity (Wildman–Crippen MR) is 71.3 cm³/mol. The highest BCUT2D eigenvalue weighted by Gasteiger charge is 2.30. The minimum atomic E-state index is 0.116. The smallest absolute Gasteiger partial charge is 0.120 e. The van der Waals surface area contributed by atoms with Crippen LogP contribution in [0.2, 0.25) is 0 Å². The Kier molecular flexibility index (Phi) is 4.98. The molecule has 0 aromatic rings. The van der Waals surface area contributed by atoms with Gasteiger partial charge in [0.05, 0.1) is 18.8 Å². The second-order valence-corrected chi connectivity index (χ2v) is 5.75. The molecule has 0 aliphatic carbocycles. The topological polar surface area (TPSA) is 54.5 Å². The Morgan fingerprint density at radius 3 is 2.50 bits per heavy atom. The van der Waals surface area contributed by atoms with E-state index in [0.29, 0.717) is 24.6 Å². The highest BCUT2D eigenvalue weighted by atomic mass is 16.5. The fourth-order valence-corrected chi connectivity index (χ4v) is 2.55. The van der Waals surface area contributed by atoms with Gasteiger partial charge in [0.15, 0.2) is 0 Å². The van der Waals surface area contributed by atoms with E-state index in [0.717, 1.165) is 13.1 Å². The normalized spacial score (nSPS) is 41.5. The fraction of sp³-hybridized carbons (Fsp3) is 1.00. The largest absolute Gasteiger partial charge is 0.360 e. The summed E-state index contributed by atoms with van der Waals surface area (Å²) in [7, 11) is 0. The van der Waals surface area contributed by atoms with Crippen LogP contribution in [0.15, 0.2) is 0 Å². The summed E-state index contributed by atoms with van der Waals surface area (Å²) in [5, 5.41) is 10.3. The van der Waals surface area contributed by atoms with Crippen LogP contribution in [0.4, 0.5) is 0 Å². The van der Waals surface area contributed by atoms with E-state index in [4.69, 9.17) is 9.47 Å². The van der Waals surface area contributed by atoms with Crippen molar-refractivity contribution in [1.29, 1.82) is 0 Å². The van der Waals surface area contributed by atoms with Gasteiger partial charge in [-0.2, -0.15) is 0 Å². The molecule has 0 spiro atoms. The first kappa shape index (κ1) is 14.2. The summed E-state index contributed by atoms with van der Waals surface area (Å²) in [5.41, 5.74) is 0. The summed E-state index contributed by atoms with van der Waals surface area (Å²) in [6, 6.07) is 0.848. The first-order valence-corrected chi connectivity index (χ1v) is 7.06. The lowest BCUT2D eigenvalue weighted by atomic mass is 10.0. The number of nitrogens with one attached hydrogen (secondary N) is 3. The summed E-state index contributed by atoms with van der Waals surface area (Å²) in [6.07, 6.45) is 0.473. The van der Waals surface area contributed by atoms with Crippen LogP contribution in [0, 0.1) is 5.92 Å². The van der Waals surface area contributed by atoms with Crippen molar-refractivity contribution in [2.45, 2.75) is 58.3 Å². The molecule has 106 valence electrons. The Morgan fingerprint density at radius 2 is 2.00 bits per heavy atom. The maximum Gasteiger partial charge on any atom is 0.120 e. The third-order valence-corrected chi connectivity index (χ3v) is 3.85. The molecule has 5 atom stereocenters. The molecule has 2 aliphatic heterocycles. The van der Waals surface area contributed by atoms with E-state index in [-0.39, 0.29) is 18.6 Å². The molecular weight excluding hydrogens is 230 g/mol. The molecule has 2 rings (SSSR count). The second-order valence-electron chi connectivity index (χ2n) is 5.75. The minimum absolute atomic E-state index is 0.116. The highest BCUT2D eigenvalue weighted by Crippen LogP contribution is 2.12. The fourth-order valence-electron chi connectivity index (χ4n) is 2.55. The molecule has 2 saturated heterocycles. The summed E-state index contributed by atoms with van der Waals surface area (Å²) in [4.78, 5) is 0. The molecular formula is C13H27N3O2. The molecule has 0 aromatic heterocycles. The maximum absolute atomic E-state index is 5.90. The standard InChI is InChI=1S/C13H27N3O2/c1-8(2)11-5-15-13(6-14-11)17-7-12-9(3)18-10(4)16-12/h8-16H,5-7H2,1-4H3. The molecule has 2 heterocycles. The van der Waals surface area contributed by atoms with Crippen LogP contribution in [0.25, 0.3) is 0 Å². The molecule has 0 aromatic carbocycles. The zero-order valence-corrected chi connectivity index (χ0v) is 11.9. The summed E-state index contributed by atoms with van der Waals surface area (Å²) < 4.78 is 11.5. The van der Waals surface area contributed by atoms with E-state index in [1.54, 1.807) is 0 Å². The monoisotopic (exact) mass is 257 g/mol. The number of hydrogen-bond acceptors (Lipinski definition) is 5. The van der Waals surface area contributed by atoms with E-state index in [9.17, 15) is 0 Å². The van der Waals surface area contributed by atoms with Crippen molar-refractivity contribution >= 4 is 0 Å². The lowest BCUT2D eigenvalue weighted by molar-refractivity contribution is -0.00851. The van der Waals surface area contributed by atoms with Crippen molar-refractivity contribution < 1.29 is 9.47 Å². The average Bonchev–Trinajstić information content (AvgIpc) is 2.66. The molecule has 0 amide bonds. The molecule has 2 fully saturated rings. The number of hydrogen-bond donors (Lipinski definition) is 3. The van der Waals surface area contributed by atoms with E-state index >= 15 is 0 Å². The Labute approximate surface area is 110 Å². The molecule has 5 nitrogen and oxygen atoms in total. The van der Waals surface area contributed by atoms with Gasteiger partial charge in [0.1, 0.15) is 12.5 Å². The van der Waals surface area contributed by atoms with Crippen LogP contribution in [-0.2, 0) is 9.47 Å². The molecule has 3 N–H and O–H groups in total.